The zero-order valence-electron chi connectivity index (χ0n) is 7.45. The van der Waals surface area contributed by atoms with Crippen LogP contribution in [0.25, 0.3) is 0 Å². The molecule has 4 nitrogen and oxygen atoms in total. The number of benzene rings is 1. The smallest absolute Gasteiger partial charge is 0.316 e. The average Bonchev–Trinajstić information content (AvgIpc) is 2.14. The van der Waals surface area contributed by atoms with Crippen LogP contribution in [-0.2, 0) is 0 Å². The first kappa shape index (κ1) is 10.1. The number of amides is 2. The first-order chi connectivity index (χ1) is 6.72. The summed E-state index contributed by atoms with van der Waals surface area (Å²) in [6.45, 7) is -0.187. The van der Waals surface area contributed by atoms with Gasteiger partial charge in [0.15, 0.2) is 0 Å². The van der Waals surface area contributed by atoms with Crippen molar-refractivity contribution in [2.24, 2.45) is 5.73 Å². The average molecular weight is 190 g/mol. The second-order valence-corrected chi connectivity index (χ2v) is 2.53. The van der Waals surface area contributed by atoms with E-state index in [2.05, 4.69) is 17.2 Å². The van der Waals surface area contributed by atoms with Gasteiger partial charge in [-0.15, -0.1) is 0 Å². The molecule has 0 bridgehead atoms. The maximum Gasteiger partial charge on any atom is 0.316 e. The third kappa shape index (κ3) is 3.17. The van der Waals surface area contributed by atoms with E-state index in [-0.39, 0.29) is 6.61 Å². The minimum absolute atomic E-state index is 0.187. The van der Waals surface area contributed by atoms with Crippen molar-refractivity contribution in [2.45, 2.75) is 0 Å². The third-order valence-electron chi connectivity index (χ3n) is 1.44. The fraction of sp³-hybridized carbons (Fsp3) is 0.100. The van der Waals surface area contributed by atoms with Crippen LogP contribution in [0.1, 0.15) is 5.56 Å². The molecule has 0 aliphatic carbocycles. The molecule has 14 heavy (non-hydrogen) atoms. The van der Waals surface area contributed by atoms with Gasteiger partial charge in [-0.1, -0.05) is 17.9 Å². The van der Waals surface area contributed by atoms with Crippen LogP contribution in [0.4, 0.5) is 10.5 Å². The van der Waals surface area contributed by atoms with Gasteiger partial charge in [0.2, 0.25) is 0 Å². The number of carbonyl (C=O) groups is 1. The van der Waals surface area contributed by atoms with Crippen molar-refractivity contribution >= 4 is 11.7 Å². The third-order valence-corrected chi connectivity index (χ3v) is 1.44. The van der Waals surface area contributed by atoms with Crippen molar-refractivity contribution < 1.29 is 9.90 Å². The van der Waals surface area contributed by atoms with Gasteiger partial charge in [-0.25, -0.2) is 4.79 Å². The number of primary amides is 1. The molecule has 1 aromatic rings. The number of carbonyl (C=O) groups excluding carboxylic acids is 1. The summed E-state index contributed by atoms with van der Waals surface area (Å²) in [6, 6.07) is 6.28. The number of nitrogens with two attached hydrogens (primary N) is 1. The van der Waals surface area contributed by atoms with E-state index in [1.54, 1.807) is 24.3 Å². The van der Waals surface area contributed by atoms with Crippen LogP contribution in [0.15, 0.2) is 24.3 Å². The van der Waals surface area contributed by atoms with E-state index in [0.717, 1.165) is 0 Å². The van der Waals surface area contributed by atoms with Gasteiger partial charge < -0.3 is 16.2 Å². The number of aliphatic hydroxyl groups excluding tert-OH is 1. The lowest BCUT2D eigenvalue weighted by molar-refractivity contribution is 0.259. The molecular formula is C10H10N2O2. The highest BCUT2D eigenvalue weighted by molar-refractivity contribution is 5.87. The molecule has 0 radical (unpaired) electrons. The van der Waals surface area contributed by atoms with Crippen LogP contribution in [0.5, 0.6) is 0 Å². The molecule has 0 saturated heterocycles. The summed E-state index contributed by atoms with van der Waals surface area (Å²) in [4.78, 5) is 10.5. The molecule has 1 rings (SSSR count). The van der Waals surface area contributed by atoms with Crippen LogP contribution < -0.4 is 11.1 Å². The Labute approximate surface area is 81.7 Å². The minimum atomic E-state index is -0.614. The van der Waals surface area contributed by atoms with Gasteiger partial charge in [0, 0.05) is 11.3 Å². The summed E-state index contributed by atoms with van der Waals surface area (Å²) < 4.78 is 0. The summed E-state index contributed by atoms with van der Waals surface area (Å²) in [5.41, 5.74) is 6.25. The molecule has 0 aliphatic rings. The molecule has 0 atom stereocenters. The quantitative estimate of drug-likeness (QED) is 0.565. The van der Waals surface area contributed by atoms with Crippen molar-refractivity contribution in [2.75, 3.05) is 11.9 Å². The van der Waals surface area contributed by atoms with E-state index < -0.39 is 6.03 Å². The van der Waals surface area contributed by atoms with Crippen molar-refractivity contribution in [3.05, 3.63) is 29.8 Å². The largest absolute Gasteiger partial charge is 0.384 e. The highest BCUT2D eigenvalue weighted by atomic mass is 16.2. The molecule has 0 saturated carbocycles. The van der Waals surface area contributed by atoms with E-state index in [1.807, 2.05) is 0 Å². The van der Waals surface area contributed by atoms with Gasteiger partial charge in [-0.2, -0.15) is 0 Å². The highest BCUT2D eigenvalue weighted by Crippen LogP contribution is 2.08. The highest BCUT2D eigenvalue weighted by Gasteiger charge is 1.95. The lowest BCUT2D eigenvalue weighted by atomic mass is 10.2. The summed E-state index contributed by atoms with van der Waals surface area (Å²) in [6.07, 6.45) is 0. The number of rotatable bonds is 1. The summed E-state index contributed by atoms with van der Waals surface area (Å²) in [5, 5.41) is 10.9. The molecule has 0 aliphatic heterocycles. The lowest BCUT2D eigenvalue weighted by Crippen LogP contribution is -2.19. The van der Waals surface area contributed by atoms with E-state index >= 15 is 0 Å². The molecule has 0 spiro atoms. The standard InChI is InChI=1S/C10H10N2O2/c11-10(14)12-9-5-1-3-8(7-9)4-2-6-13/h1,3,5,7,13H,6H2,(H3,11,12,14). The maximum absolute atomic E-state index is 10.5. The number of nitrogens with one attached hydrogen (secondary N) is 1. The topological polar surface area (TPSA) is 75.4 Å². The van der Waals surface area contributed by atoms with Crippen molar-refractivity contribution in [1.29, 1.82) is 0 Å². The summed E-state index contributed by atoms with van der Waals surface area (Å²) in [5.74, 6) is 5.22. The Morgan fingerprint density at radius 1 is 1.57 bits per heavy atom. The molecule has 72 valence electrons. The predicted molar refractivity (Wildman–Crippen MR) is 53.6 cm³/mol. The minimum Gasteiger partial charge on any atom is -0.384 e. The Kier molecular flexibility index (Phi) is 3.53. The van der Waals surface area contributed by atoms with E-state index in [1.165, 1.54) is 0 Å². The molecular weight excluding hydrogens is 180 g/mol. The van der Waals surface area contributed by atoms with Crippen molar-refractivity contribution in [3.8, 4) is 11.8 Å². The molecule has 1 aromatic carbocycles. The number of hydrogen-bond donors (Lipinski definition) is 3. The number of anilines is 1. The molecule has 0 fully saturated rings. The Morgan fingerprint density at radius 3 is 3.00 bits per heavy atom. The molecule has 0 aromatic heterocycles. The Balaban J connectivity index is 2.84. The van der Waals surface area contributed by atoms with Gasteiger partial charge in [0.1, 0.15) is 6.61 Å². The molecule has 4 heteroatoms. The zero-order chi connectivity index (χ0) is 10.4. The second-order valence-electron chi connectivity index (χ2n) is 2.53. The predicted octanol–water partition coefficient (Wildman–Crippen LogP) is 0.521. The zero-order valence-corrected chi connectivity index (χ0v) is 7.45. The van der Waals surface area contributed by atoms with Crippen LogP contribution in [0.2, 0.25) is 0 Å². The van der Waals surface area contributed by atoms with Crippen molar-refractivity contribution in [1.82, 2.24) is 0 Å². The summed E-state index contributed by atoms with van der Waals surface area (Å²) >= 11 is 0. The molecule has 4 N–H and O–H groups in total. The second kappa shape index (κ2) is 4.90. The number of aliphatic hydroxyl groups is 1. The number of hydrogen-bond acceptors (Lipinski definition) is 2. The van der Waals surface area contributed by atoms with E-state index in [9.17, 15) is 4.79 Å². The van der Waals surface area contributed by atoms with Crippen molar-refractivity contribution in [3.63, 3.8) is 0 Å². The molecule has 0 unspecified atom stereocenters. The van der Waals surface area contributed by atoms with E-state index in [4.69, 9.17) is 10.8 Å². The van der Waals surface area contributed by atoms with Gasteiger partial charge >= 0.3 is 6.03 Å². The van der Waals surface area contributed by atoms with Gasteiger partial charge in [0.25, 0.3) is 0 Å². The van der Waals surface area contributed by atoms with Gasteiger partial charge in [-0.05, 0) is 18.2 Å². The normalized spacial score (nSPS) is 8.64. The SMILES string of the molecule is NC(=O)Nc1cccc(C#CCO)c1. The van der Waals surface area contributed by atoms with Crippen LogP contribution in [0.3, 0.4) is 0 Å². The number of urea groups is 1. The lowest BCUT2D eigenvalue weighted by Gasteiger charge is -2.00. The fourth-order valence-corrected chi connectivity index (χ4v) is 0.959. The first-order valence-electron chi connectivity index (χ1n) is 3.98. The van der Waals surface area contributed by atoms with Crippen LogP contribution >= 0.6 is 0 Å². The molecule has 2 amide bonds. The Morgan fingerprint density at radius 2 is 2.36 bits per heavy atom. The van der Waals surface area contributed by atoms with Crippen LogP contribution in [0, 0.1) is 11.8 Å². The van der Waals surface area contributed by atoms with Gasteiger partial charge in [0.05, 0.1) is 0 Å². The molecule has 0 heterocycles. The van der Waals surface area contributed by atoms with E-state index in [0.29, 0.717) is 11.3 Å². The first-order valence-corrected chi connectivity index (χ1v) is 3.98. The van der Waals surface area contributed by atoms with Gasteiger partial charge in [-0.3, -0.25) is 0 Å². The fourth-order valence-electron chi connectivity index (χ4n) is 0.959. The maximum atomic E-state index is 10.5. The van der Waals surface area contributed by atoms with Crippen LogP contribution in [-0.4, -0.2) is 17.7 Å². The Hall–Kier alpha value is -1.99. The monoisotopic (exact) mass is 190 g/mol. The summed E-state index contributed by atoms with van der Waals surface area (Å²) in [7, 11) is 0. The Bertz CT molecular complexity index is 391.